The SMILES string of the molecule is C=S(COC=O)C(C)=NCCC(=O)NC(CSCC=C(C)CCC=C(C)CCC=C(C)C)C(=O)O. The Morgan fingerprint density at radius 3 is 2.29 bits per heavy atom. The highest BCUT2D eigenvalue weighted by atomic mass is 32.2. The molecule has 2 N–H and O–H groups in total. The number of thioether (sulfide) groups is 1. The van der Waals surface area contributed by atoms with Crippen LogP contribution in [0.15, 0.2) is 39.9 Å². The van der Waals surface area contributed by atoms with Crippen LogP contribution in [0.4, 0.5) is 0 Å². The van der Waals surface area contributed by atoms with Gasteiger partial charge in [0.25, 0.3) is 6.47 Å². The van der Waals surface area contributed by atoms with Gasteiger partial charge in [-0.15, -0.1) is 10.5 Å². The lowest BCUT2D eigenvalue weighted by Gasteiger charge is -2.13. The van der Waals surface area contributed by atoms with E-state index in [2.05, 4.69) is 66.8 Å². The van der Waals surface area contributed by atoms with Crippen LogP contribution < -0.4 is 5.32 Å². The van der Waals surface area contributed by atoms with Crippen molar-refractivity contribution in [2.75, 3.05) is 24.0 Å². The second-order valence-corrected chi connectivity index (χ2v) is 11.4. The molecule has 0 fully saturated rings. The molecule has 198 valence electrons. The van der Waals surface area contributed by atoms with E-state index in [9.17, 15) is 19.5 Å². The summed E-state index contributed by atoms with van der Waals surface area (Å²) in [6.45, 7) is 10.8. The number of nitrogens with zero attached hydrogens (tertiary/aromatic N) is 1. The minimum atomic E-state index is -1.05. The maximum absolute atomic E-state index is 12.1. The highest BCUT2D eigenvalue weighted by molar-refractivity contribution is 8.27. The summed E-state index contributed by atoms with van der Waals surface area (Å²) in [5, 5.41) is 12.7. The van der Waals surface area contributed by atoms with Gasteiger partial charge in [-0.2, -0.15) is 11.8 Å². The third-order valence-corrected chi connectivity index (χ3v) is 7.32. The minimum absolute atomic E-state index is 0.0812. The third-order valence-electron chi connectivity index (χ3n) is 4.96. The van der Waals surface area contributed by atoms with Crippen molar-refractivity contribution in [3.63, 3.8) is 0 Å². The molecule has 1 amide bonds. The zero-order valence-corrected chi connectivity index (χ0v) is 23.4. The quantitative estimate of drug-likeness (QED) is 0.0623. The van der Waals surface area contributed by atoms with Crippen molar-refractivity contribution in [1.29, 1.82) is 0 Å². The number of amides is 1. The number of carbonyl (C=O) groups is 3. The van der Waals surface area contributed by atoms with Crippen molar-refractivity contribution in [2.24, 2.45) is 4.99 Å². The molecule has 0 heterocycles. The standard InChI is InChI=1S/C26H42N2O5S2/c1-20(2)9-7-10-21(3)11-8-12-22(4)14-16-34-17-24(26(31)32)28-25(30)13-15-27-23(5)35(6)19-33-18-29/h9,11,14,18,24H,6-8,10,12-13,15-17,19H2,1-5H3,(H,28,30)(H,31,32). The Morgan fingerprint density at radius 1 is 1.06 bits per heavy atom. The fourth-order valence-electron chi connectivity index (χ4n) is 2.77. The molecule has 0 aromatic carbocycles. The lowest BCUT2D eigenvalue weighted by molar-refractivity contribution is -0.141. The van der Waals surface area contributed by atoms with E-state index in [4.69, 9.17) is 0 Å². The van der Waals surface area contributed by atoms with E-state index in [0.717, 1.165) is 25.7 Å². The van der Waals surface area contributed by atoms with Gasteiger partial charge in [0.15, 0.2) is 0 Å². The molecule has 0 aromatic heterocycles. The molecule has 9 heteroatoms. The van der Waals surface area contributed by atoms with Crippen LogP contribution in [0, 0.1) is 0 Å². The number of carbonyl (C=O) groups excluding carboxylic acids is 2. The summed E-state index contributed by atoms with van der Waals surface area (Å²) in [5.74, 6) is 3.60. The Bertz CT molecular complexity index is 828. The lowest BCUT2D eigenvalue weighted by Crippen LogP contribution is -2.42. The number of aliphatic carboxylic acids is 1. The lowest BCUT2D eigenvalue weighted by atomic mass is 10.1. The molecule has 0 bridgehead atoms. The first-order valence-electron chi connectivity index (χ1n) is 11.7. The van der Waals surface area contributed by atoms with Crippen molar-refractivity contribution in [2.45, 2.75) is 72.8 Å². The fraction of sp³-hybridized carbons (Fsp3) is 0.577. The molecule has 0 aliphatic heterocycles. The van der Waals surface area contributed by atoms with E-state index < -0.39 is 22.5 Å². The predicted octanol–water partition coefficient (Wildman–Crippen LogP) is 5.35. The highest BCUT2D eigenvalue weighted by Gasteiger charge is 2.19. The smallest absolute Gasteiger partial charge is 0.327 e. The highest BCUT2D eigenvalue weighted by Crippen LogP contribution is 2.14. The van der Waals surface area contributed by atoms with Crippen LogP contribution in [0.2, 0.25) is 0 Å². The van der Waals surface area contributed by atoms with E-state index in [0.29, 0.717) is 23.0 Å². The topological polar surface area (TPSA) is 105 Å². The maximum Gasteiger partial charge on any atom is 0.327 e. The molecule has 0 aromatic rings. The average Bonchev–Trinajstić information content (AvgIpc) is 2.78. The van der Waals surface area contributed by atoms with Gasteiger partial charge in [-0.3, -0.25) is 14.6 Å². The summed E-state index contributed by atoms with van der Waals surface area (Å²) >= 11 is 1.48. The van der Waals surface area contributed by atoms with E-state index in [-0.39, 0.29) is 24.8 Å². The zero-order valence-electron chi connectivity index (χ0n) is 21.8. The first kappa shape index (κ1) is 32.9. The van der Waals surface area contributed by atoms with Gasteiger partial charge in [0.1, 0.15) is 12.0 Å². The number of aliphatic imine (C=N–C) groups is 1. The molecule has 0 radical (unpaired) electrons. The maximum atomic E-state index is 12.1. The number of rotatable bonds is 18. The van der Waals surface area contributed by atoms with Crippen LogP contribution in [-0.2, 0) is 19.1 Å². The molecule has 0 saturated heterocycles. The molecule has 35 heavy (non-hydrogen) atoms. The number of allylic oxidation sites excluding steroid dienone is 5. The van der Waals surface area contributed by atoms with E-state index >= 15 is 0 Å². The number of carboxylic acid groups (broad SMARTS) is 1. The van der Waals surface area contributed by atoms with Crippen LogP contribution >= 0.6 is 22.2 Å². The Labute approximate surface area is 217 Å². The van der Waals surface area contributed by atoms with Crippen molar-refractivity contribution < 1.29 is 24.2 Å². The van der Waals surface area contributed by atoms with Gasteiger partial charge in [0.05, 0.1) is 5.04 Å². The largest absolute Gasteiger partial charge is 0.480 e. The second-order valence-electron chi connectivity index (χ2n) is 8.48. The number of hydrogen-bond acceptors (Lipinski definition) is 6. The normalized spacial score (nSPS) is 14.1. The summed E-state index contributed by atoms with van der Waals surface area (Å²) in [7, 11) is -0.558. The van der Waals surface area contributed by atoms with Gasteiger partial charge in [0.2, 0.25) is 5.91 Å². The molecule has 0 spiro atoms. The molecule has 7 nitrogen and oxygen atoms in total. The van der Waals surface area contributed by atoms with Crippen LogP contribution in [0.5, 0.6) is 0 Å². The zero-order chi connectivity index (χ0) is 26.6. The van der Waals surface area contributed by atoms with Crippen molar-refractivity contribution in [3.8, 4) is 0 Å². The first-order chi connectivity index (χ1) is 16.6. The Morgan fingerprint density at radius 2 is 1.69 bits per heavy atom. The van der Waals surface area contributed by atoms with Crippen LogP contribution in [0.25, 0.3) is 0 Å². The number of nitrogens with one attached hydrogen (secondary N) is 1. The molecular weight excluding hydrogens is 484 g/mol. The minimum Gasteiger partial charge on any atom is -0.480 e. The monoisotopic (exact) mass is 526 g/mol. The molecule has 0 aliphatic rings. The van der Waals surface area contributed by atoms with Gasteiger partial charge < -0.3 is 15.2 Å². The number of ether oxygens (including phenoxy) is 1. The average molecular weight is 527 g/mol. The van der Waals surface area contributed by atoms with Crippen LogP contribution in [0.1, 0.15) is 66.7 Å². The molecule has 2 unspecified atom stereocenters. The molecule has 0 rings (SSSR count). The Hall–Kier alpha value is -2.13. The Kier molecular flexibility index (Phi) is 18.9. The van der Waals surface area contributed by atoms with Gasteiger partial charge >= 0.3 is 5.97 Å². The summed E-state index contributed by atoms with van der Waals surface area (Å²) < 4.78 is 4.67. The van der Waals surface area contributed by atoms with Crippen molar-refractivity contribution in [1.82, 2.24) is 5.32 Å². The summed E-state index contributed by atoms with van der Waals surface area (Å²) in [6.07, 6.45) is 10.9. The van der Waals surface area contributed by atoms with Crippen molar-refractivity contribution >= 4 is 51.5 Å². The molecular formula is C26H42N2O5S2. The van der Waals surface area contributed by atoms with Crippen LogP contribution in [0.3, 0.4) is 0 Å². The number of carboxylic acids is 1. The van der Waals surface area contributed by atoms with Crippen molar-refractivity contribution in [3.05, 3.63) is 34.9 Å². The van der Waals surface area contributed by atoms with E-state index in [1.54, 1.807) is 6.92 Å². The van der Waals surface area contributed by atoms with Gasteiger partial charge in [0, 0.05) is 24.5 Å². The van der Waals surface area contributed by atoms with E-state index in [1.807, 2.05) is 0 Å². The van der Waals surface area contributed by atoms with Gasteiger partial charge in [-0.05, 0) is 60.3 Å². The summed E-state index contributed by atoms with van der Waals surface area (Å²) in [4.78, 5) is 38.2. The van der Waals surface area contributed by atoms with Gasteiger partial charge in [-0.25, -0.2) is 4.79 Å². The van der Waals surface area contributed by atoms with Gasteiger partial charge in [-0.1, -0.05) is 40.8 Å². The third kappa shape index (κ3) is 18.8. The fourth-order valence-corrected chi connectivity index (χ4v) is 4.43. The van der Waals surface area contributed by atoms with E-state index in [1.165, 1.54) is 28.5 Å². The molecule has 0 saturated carbocycles. The molecule has 2 atom stereocenters. The first-order valence-corrected chi connectivity index (χ1v) is 14.4. The van der Waals surface area contributed by atoms with Crippen LogP contribution in [-0.4, -0.2) is 64.4 Å². The summed E-state index contributed by atoms with van der Waals surface area (Å²) in [6, 6.07) is -0.943. The number of hydrogen-bond donors (Lipinski definition) is 2. The molecule has 0 aliphatic carbocycles. The second kappa shape index (κ2) is 20.1. The summed E-state index contributed by atoms with van der Waals surface area (Å²) in [5.41, 5.74) is 4.03. The Balaban J connectivity index is 4.35. The predicted molar refractivity (Wildman–Crippen MR) is 152 cm³/mol.